The molecule has 1 heterocycles. The normalized spacial score (nSPS) is 11.3. The lowest BCUT2D eigenvalue weighted by Crippen LogP contribution is -2.42. The number of aromatic nitrogens is 1. The lowest BCUT2D eigenvalue weighted by atomic mass is 10.1. The van der Waals surface area contributed by atoms with Crippen LogP contribution in [0.4, 0.5) is 4.39 Å². The Morgan fingerprint density at radius 1 is 0.903 bits per heavy atom. The second kappa shape index (κ2) is 8.32. The number of carbonyl (C=O) groups is 2. The highest BCUT2D eigenvalue weighted by atomic mass is 32.2. The molecule has 2 aromatic carbocycles. The zero-order valence-electron chi connectivity index (χ0n) is 17.1. The molecule has 3 rings (SSSR count). The maximum atomic E-state index is 13.2. The van der Waals surface area contributed by atoms with Crippen LogP contribution >= 0.6 is 0 Å². The number of nitrogens with zero attached hydrogens (tertiary/aromatic N) is 1. The van der Waals surface area contributed by atoms with Gasteiger partial charge in [0, 0.05) is 22.6 Å². The summed E-state index contributed by atoms with van der Waals surface area (Å²) in [7, 11) is -3.98. The van der Waals surface area contributed by atoms with Crippen molar-refractivity contribution in [3.8, 4) is 5.69 Å². The number of carbonyl (C=O) groups excluding carboxylic acids is 2. The number of hydrogen-bond donors (Lipinski definition) is 3. The van der Waals surface area contributed by atoms with E-state index in [1.54, 1.807) is 43.5 Å². The van der Waals surface area contributed by atoms with Crippen molar-refractivity contribution < 1.29 is 22.4 Å². The fraction of sp³-hybridized carbons (Fsp3) is 0.143. The zero-order valence-corrected chi connectivity index (χ0v) is 17.9. The van der Waals surface area contributed by atoms with E-state index in [-0.39, 0.29) is 16.3 Å². The number of sulfonamides is 1. The van der Waals surface area contributed by atoms with Crippen LogP contribution in [-0.4, -0.2) is 24.8 Å². The lowest BCUT2D eigenvalue weighted by molar-refractivity contribution is 0.0846. The average Bonchev–Trinajstić information content (AvgIpc) is 3.00. The maximum absolute atomic E-state index is 13.2. The number of nitrogens with two attached hydrogens (primary N) is 1. The number of hydrogen-bond acceptors (Lipinski definition) is 4. The Morgan fingerprint density at radius 2 is 1.48 bits per heavy atom. The number of rotatable bonds is 4. The van der Waals surface area contributed by atoms with Crippen LogP contribution in [0.5, 0.6) is 0 Å². The van der Waals surface area contributed by atoms with Crippen LogP contribution in [-0.2, 0) is 10.0 Å². The van der Waals surface area contributed by atoms with Crippen LogP contribution in [0.1, 0.15) is 37.7 Å². The second-order valence-corrected chi connectivity index (χ2v) is 8.59. The molecule has 0 unspecified atom stereocenters. The summed E-state index contributed by atoms with van der Waals surface area (Å²) in [5.41, 5.74) is 7.54. The SMILES string of the molecule is Cc1ccc(S(N)(=O)=O)cc1C(=O)NNC(=O)c1cc(C)n(-c2ccc(F)cc2)c1C. The van der Waals surface area contributed by atoms with Gasteiger partial charge in [-0.15, -0.1) is 0 Å². The van der Waals surface area contributed by atoms with Crippen LogP contribution in [0, 0.1) is 26.6 Å². The molecule has 0 bridgehead atoms. The standard InChI is InChI=1S/C21H21FN4O4S/c1-12-4-9-17(31(23,29)30)11-18(12)20(27)24-25-21(28)19-10-13(2)26(14(19)3)16-7-5-15(22)6-8-16/h4-11H,1-3H3,(H,24,27)(H,25,28)(H2,23,29,30). The number of halogens is 1. The van der Waals surface area contributed by atoms with E-state index < -0.39 is 21.8 Å². The van der Waals surface area contributed by atoms with Crippen molar-refractivity contribution >= 4 is 21.8 Å². The van der Waals surface area contributed by atoms with E-state index >= 15 is 0 Å². The summed E-state index contributed by atoms with van der Waals surface area (Å²) < 4.78 is 38.1. The van der Waals surface area contributed by atoms with Crippen molar-refractivity contribution in [2.45, 2.75) is 25.7 Å². The number of hydrazine groups is 1. The lowest BCUT2D eigenvalue weighted by Gasteiger charge is -2.11. The second-order valence-electron chi connectivity index (χ2n) is 7.03. The van der Waals surface area contributed by atoms with Crippen molar-refractivity contribution in [2.75, 3.05) is 0 Å². The average molecular weight is 444 g/mol. The summed E-state index contributed by atoms with van der Waals surface area (Å²) in [6, 6.07) is 11.4. The Labute approximate surface area is 178 Å². The summed E-state index contributed by atoms with van der Waals surface area (Å²) in [5.74, 6) is -1.62. The first-order valence-electron chi connectivity index (χ1n) is 9.18. The quantitative estimate of drug-likeness (QED) is 0.534. The minimum Gasteiger partial charge on any atom is -0.318 e. The highest BCUT2D eigenvalue weighted by molar-refractivity contribution is 7.89. The van der Waals surface area contributed by atoms with Gasteiger partial charge in [-0.1, -0.05) is 6.07 Å². The highest BCUT2D eigenvalue weighted by Gasteiger charge is 2.19. The van der Waals surface area contributed by atoms with E-state index in [4.69, 9.17) is 5.14 Å². The van der Waals surface area contributed by atoms with Gasteiger partial charge in [-0.3, -0.25) is 20.4 Å². The van der Waals surface area contributed by atoms with Gasteiger partial charge in [0.15, 0.2) is 0 Å². The first-order chi connectivity index (χ1) is 14.5. The van der Waals surface area contributed by atoms with Crippen LogP contribution in [0.25, 0.3) is 5.69 Å². The Balaban J connectivity index is 1.80. The molecule has 8 nitrogen and oxygen atoms in total. The summed E-state index contributed by atoms with van der Waals surface area (Å²) in [6.07, 6.45) is 0. The smallest absolute Gasteiger partial charge is 0.271 e. The van der Waals surface area contributed by atoms with E-state index in [9.17, 15) is 22.4 Å². The predicted octanol–water partition coefficient (Wildman–Crippen LogP) is 2.26. The Hall–Kier alpha value is -3.50. The van der Waals surface area contributed by atoms with Gasteiger partial charge in [-0.05, 0) is 68.8 Å². The molecule has 0 aliphatic carbocycles. The fourth-order valence-electron chi connectivity index (χ4n) is 3.25. The van der Waals surface area contributed by atoms with Gasteiger partial charge < -0.3 is 4.57 Å². The third-order valence-corrected chi connectivity index (χ3v) is 5.74. The van der Waals surface area contributed by atoms with Gasteiger partial charge in [-0.25, -0.2) is 17.9 Å². The third kappa shape index (κ3) is 4.65. The summed E-state index contributed by atoms with van der Waals surface area (Å²) in [4.78, 5) is 24.9. The first-order valence-corrected chi connectivity index (χ1v) is 10.7. The van der Waals surface area contributed by atoms with Crippen molar-refractivity contribution in [2.24, 2.45) is 5.14 Å². The fourth-order valence-corrected chi connectivity index (χ4v) is 3.79. The molecule has 0 spiro atoms. The molecule has 0 saturated carbocycles. The highest BCUT2D eigenvalue weighted by Crippen LogP contribution is 2.21. The van der Waals surface area contributed by atoms with Crippen molar-refractivity contribution in [3.63, 3.8) is 0 Å². The molecule has 0 fully saturated rings. The number of primary sulfonamides is 1. The third-order valence-electron chi connectivity index (χ3n) is 4.83. The number of nitrogens with one attached hydrogen (secondary N) is 2. The molecule has 4 N–H and O–H groups in total. The molecule has 0 aliphatic heterocycles. The molecule has 2 amide bonds. The Kier molecular flexibility index (Phi) is 5.96. The maximum Gasteiger partial charge on any atom is 0.271 e. The van der Waals surface area contributed by atoms with E-state index in [1.807, 2.05) is 0 Å². The predicted molar refractivity (Wildman–Crippen MR) is 113 cm³/mol. The van der Waals surface area contributed by atoms with E-state index in [1.165, 1.54) is 24.3 Å². The van der Waals surface area contributed by atoms with Crippen molar-refractivity contribution in [3.05, 3.63) is 82.4 Å². The summed E-state index contributed by atoms with van der Waals surface area (Å²) >= 11 is 0. The molecule has 0 aliphatic rings. The van der Waals surface area contributed by atoms with Crippen molar-refractivity contribution in [1.29, 1.82) is 0 Å². The molecule has 0 radical (unpaired) electrons. The molecule has 1 aromatic heterocycles. The van der Waals surface area contributed by atoms with Gasteiger partial charge in [0.2, 0.25) is 10.0 Å². The number of aryl methyl sites for hydroxylation is 2. The molecule has 0 saturated heterocycles. The van der Waals surface area contributed by atoms with Crippen LogP contribution < -0.4 is 16.0 Å². The summed E-state index contributed by atoms with van der Waals surface area (Å²) in [6.45, 7) is 5.15. The van der Waals surface area contributed by atoms with Gasteiger partial charge in [0.25, 0.3) is 11.8 Å². The molecule has 0 atom stereocenters. The monoisotopic (exact) mass is 444 g/mol. The zero-order chi connectivity index (χ0) is 22.9. The first kappa shape index (κ1) is 22.2. The van der Waals surface area contributed by atoms with Gasteiger partial charge in [-0.2, -0.15) is 0 Å². The minimum atomic E-state index is -3.98. The van der Waals surface area contributed by atoms with E-state index in [0.29, 0.717) is 22.5 Å². The van der Waals surface area contributed by atoms with Gasteiger partial charge >= 0.3 is 0 Å². The molecule has 31 heavy (non-hydrogen) atoms. The number of amides is 2. The molecular formula is C21H21FN4O4S. The van der Waals surface area contributed by atoms with Gasteiger partial charge in [0.05, 0.1) is 10.5 Å². The Bertz CT molecular complexity index is 1280. The molecule has 162 valence electrons. The van der Waals surface area contributed by atoms with E-state index in [2.05, 4.69) is 10.9 Å². The molecule has 10 heteroatoms. The minimum absolute atomic E-state index is 0.0589. The summed E-state index contributed by atoms with van der Waals surface area (Å²) in [5, 5.41) is 5.11. The van der Waals surface area contributed by atoms with Crippen molar-refractivity contribution in [1.82, 2.24) is 15.4 Å². The van der Waals surface area contributed by atoms with Crippen LogP contribution in [0.15, 0.2) is 53.4 Å². The topological polar surface area (TPSA) is 123 Å². The number of benzene rings is 2. The van der Waals surface area contributed by atoms with E-state index in [0.717, 1.165) is 11.8 Å². The molecular weight excluding hydrogens is 423 g/mol. The Morgan fingerprint density at radius 3 is 2.06 bits per heavy atom. The van der Waals surface area contributed by atoms with Crippen LogP contribution in [0.3, 0.4) is 0 Å². The van der Waals surface area contributed by atoms with Gasteiger partial charge in [0.1, 0.15) is 5.82 Å². The molecule has 3 aromatic rings. The largest absolute Gasteiger partial charge is 0.318 e. The van der Waals surface area contributed by atoms with Crippen LogP contribution in [0.2, 0.25) is 0 Å².